The topological polar surface area (TPSA) is 61.0 Å². The van der Waals surface area contributed by atoms with Crippen LogP contribution in [0.2, 0.25) is 0 Å². The number of hydrogen-bond acceptors (Lipinski definition) is 5. The molecule has 0 N–H and O–H groups in total. The summed E-state index contributed by atoms with van der Waals surface area (Å²) in [6.07, 6.45) is 4.76. The van der Waals surface area contributed by atoms with Crippen molar-refractivity contribution in [1.29, 1.82) is 0 Å². The maximum Gasteiger partial charge on any atom is 0.251 e. The first-order chi connectivity index (χ1) is 8.35. The van der Waals surface area contributed by atoms with E-state index in [0.717, 1.165) is 12.0 Å². The summed E-state index contributed by atoms with van der Waals surface area (Å²) in [5, 5.41) is 7.93. The van der Waals surface area contributed by atoms with E-state index in [1.807, 2.05) is 0 Å². The van der Waals surface area contributed by atoms with Gasteiger partial charge in [-0.25, -0.2) is 0 Å². The standard InChI is InChI=1S/C11H12ClN3O2/c1-16-9-7-13-6-4-8(9)11-15-14-10(17-11)3-2-5-12/h4,6-7H,2-3,5H2,1H3. The molecule has 0 unspecified atom stereocenters. The normalized spacial score (nSPS) is 10.5. The van der Waals surface area contributed by atoms with Crippen molar-refractivity contribution < 1.29 is 9.15 Å². The van der Waals surface area contributed by atoms with Crippen molar-refractivity contribution in [2.45, 2.75) is 12.8 Å². The monoisotopic (exact) mass is 253 g/mol. The molecule has 0 amide bonds. The zero-order chi connectivity index (χ0) is 12.1. The Morgan fingerprint density at radius 1 is 1.41 bits per heavy atom. The highest BCUT2D eigenvalue weighted by Gasteiger charge is 2.12. The lowest BCUT2D eigenvalue weighted by atomic mass is 10.2. The highest BCUT2D eigenvalue weighted by Crippen LogP contribution is 2.27. The average molecular weight is 254 g/mol. The molecule has 5 nitrogen and oxygen atoms in total. The van der Waals surface area contributed by atoms with Gasteiger partial charge in [0.05, 0.1) is 18.9 Å². The molecule has 90 valence electrons. The van der Waals surface area contributed by atoms with Crippen LogP contribution in [0.25, 0.3) is 11.5 Å². The Kier molecular flexibility index (Phi) is 3.93. The van der Waals surface area contributed by atoms with Gasteiger partial charge in [0.25, 0.3) is 5.89 Å². The lowest BCUT2D eigenvalue weighted by Crippen LogP contribution is -1.88. The summed E-state index contributed by atoms with van der Waals surface area (Å²) in [6.45, 7) is 0. The van der Waals surface area contributed by atoms with Crippen LogP contribution < -0.4 is 4.74 Å². The van der Waals surface area contributed by atoms with Gasteiger partial charge in [-0.1, -0.05) is 0 Å². The molecule has 0 atom stereocenters. The zero-order valence-corrected chi connectivity index (χ0v) is 10.1. The Balaban J connectivity index is 2.24. The van der Waals surface area contributed by atoms with E-state index in [4.69, 9.17) is 20.8 Å². The lowest BCUT2D eigenvalue weighted by molar-refractivity contribution is 0.411. The van der Waals surface area contributed by atoms with E-state index in [9.17, 15) is 0 Å². The van der Waals surface area contributed by atoms with Gasteiger partial charge >= 0.3 is 0 Å². The molecule has 0 aliphatic rings. The number of halogens is 1. The second-order valence-electron chi connectivity index (χ2n) is 3.37. The Bertz CT molecular complexity index is 487. The van der Waals surface area contributed by atoms with E-state index in [0.29, 0.717) is 29.8 Å². The van der Waals surface area contributed by atoms with E-state index in [1.165, 1.54) is 0 Å². The quantitative estimate of drug-likeness (QED) is 0.766. The number of rotatable bonds is 5. The van der Waals surface area contributed by atoms with Crippen LogP contribution in [0, 0.1) is 0 Å². The lowest BCUT2D eigenvalue weighted by Gasteiger charge is -2.02. The summed E-state index contributed by atoms with van der Waals surface area (Å²) in [7, 11) is 1.57. The van der Waals surface area contributed by atoms with Crippen molar-refractivity contribution in [3.8, 4) is 17.2 Å². The van der Waals surface area contributed by atoms with Gasteiger partial charge < -0.3 is 9.15 Å². The molecule has 0 saturated heterocycles. The molecule has 0 spiro atoms. The molecule has 2 rings (SSSR count). The number of methoxy groups -OCH3 is 1. The van der Waals surface area contributed by atoms with Crippen molar-refractivity contribution in [3.63, 3.8) is 0 Å². The van der Waals surface area contributed by atoms with Gasteiger partial charge in [0.1, 0.15) is 5.75 Å². The Labute approximate surface area is 104 Å². The number of nitrogens with zero attached hydrogens (tertiary/aromatic N) is 3. The number of pyridine rings is 1. The van der Waals surface area contributed by atoms with Crippen LogP contribution in [0.15, 0.2) is 22.9 Å². The third-order valence-corrected chi connectivity index (χ3v) is 2.49. The third-order valence-electron chi connectivity index (χ3n) is 2.23. The van der Waals surface area contributed by atoms with Gasteiger partial charge in [-0.2, -0.15) is 0 Å². The molecule has 0 aliphatic heterocycles. The maximum atomic E-state index is 5.60. The molecule has 2 aromatic rings. The van der Waals surface area contributed by atoms with E-state index in [-0.39, 0.29) is 0 Å². The Morgan fingerprint density at radius 2 is 2.29 bits per heavy atom. The largest absolute Gasteiger partial charge is 0.494 e. The summed E-state index contributed by atoms with van der Waals surface area (Å²) in [6, 6.07) is 1.78. The molecular formula is C11H12ClN3O2. The average Bonchev–Trinajstić information content (AvgIpc) is 2.85. The number of alkyl halides is 1. The molecule has 17 heavy (non-hydrogen) atoms. The van der Waals surface area contributed by atoms with Crippen molar-refractivity contribution in [3.05, 3.63) is 24.4 Å². The van der Waals surface area contributed by atoms with Gasteiger partial charge in [0.15, 0.2) is 0 Å². The van der Waals surface area contributed by atoms with E-state index in [1.54, 1.807) is 25.6 Å². The summed E-state index contributed by atoms with van der Waals surface area (Å²) in [5.41, 5.74) is 0.743. The SMILES string of the molecule is COc1cnccc1-c1nnc(CCCCl)o1. The minimum Gasteiger partial charge on any atom is -0.494 e. The molecular weight excluding hydrogens is 242 g/mol. The fourth-order valence-corrected chi connectivity index (χ4v) is 1.53. The third kappa shape index (κ3) is 2.74. The second-order valence-corrected chi connectivity index (χ2v) is 3.75. The molecule has 0 bridgehead atoms. The molecule has 0 fully saturated rings. The van der Waals surface area contributed by atoms with Crippen molar-refractivity contribution in [2.24, 2.45) is 0 Å². The summed E-state index contributed by atoms with van der Waals surface area (Å²) < 4.78 is 10.7. The molecule has 0 aliphatic carbocycles. The first kappa shape index (κ1) is 11.9. The Hall–Kier alpha value is -1.62. The van der Waals surface area contributed by atoms with Crippen LogP contribution >= 0.6 is 11.6 Å². The van der Waals surface area contributed by atoms with Crippen LogP contribution in [0.4, 0.5) is 0 Å². The fourth-order valence-electron chi connectivity index (χ4n) is 1.40. The van der Waals surface area contributed by atoms with Gasteiger partial charge in [-0.3, -0.25) is 4.98 Å². The zero-order valence-electron chi connectivity index (χ0n) is 9.39. The van der Waals surface area contributed by atoms with Crippen LogP contribution in [-0.2, 0) is 6.42 Å². The molecule has 0 radical (unpaired) electrons. The molecule has 2 heterocycles. The molecule has 6 heteroatoms. The van der Waals surface area contributed by atoms with Gasteiger partial charge in [-0.05, 0) is 12.5 Å². The van der Waals surface area contributed by atoms with Crippen LogP contribution in [0.1, 0.15) is 12.3 Å². The minimum absolute atomic E-state index is 0.439. The first-order valence-electron chi connectivity index (χ1n) is 5.22. The number of aromatic nitrogens is 3. The molecule has 0 aromatic carbocycles. The highest BCUT2D eigenvalue weighted by molar-refractivity contribution is 6.17. The number of aryl methyl sites for hydroxylation is 1. The van der Waals surface area contributed by atoms with Gasteiger partial charge in [0, 0.05) is 18.5 Å². The highest BCUT2D eigenvalue weighted by atomic mass is 35.5. The van der Waals surface area contributed by atoms with Crippen LogP contribution in [0.3, 0.4) is 0 Å². The summed E-state index contributed by atoms with van der Waals surface area (Å²) in [4.78, 5) is 3.97. The summed E-state index contributed by atoms with van der Waals surface area (Å²) in [5.74, 6) is 2.21. The Morgan fingerprint density at radius 3 is 3.06 bits per heavy atom. The van der Waals surface area contributed by atoms with Gasteiger partial charge in [0.2, 0.25) is 5.89 Å². The molecule has 0 saturated carbocycles. The van der Waals surface area contributed by atoms with Crippen molar-refractivity contribution >= 4 is 11.6 Å². The maximum absolute atomic E-state index is 5.60. The van der Waals surface area contributed by atoms with Crippen LogP contribution in [-0.4, -0.2) is 28.2 Å². The van der Waals surface area contributed by atoms with Crippen LogP contribution in [0.5, 0.6) is 5.75 Å². The predicted molar refractivity (Wildman–Crippen MR) is 63.1 cm³/mol. The van der Waals surface area contributed by atoms with E-state index >= 15 is 0 Å². The smallest absolute Gasteiger partial charge is 0.251 e. The minimum atomic E-state index is 0.439. The second kappa shape index (κ2) is 5.63. The van der Waals surface area contributed by atoms with Crippen molar-refractivity contribution in [2.75, 3.05) is 13.0 Å². The van der Waals surface area contributed by atoms with E-state index in [2.05, 4.69) is 15.2 Å². The fraction of sp³-hybridized carbons (Fsp3) is 0.364. The number of ether oxygens (including phenoxy) is 1. The van der Waals surface area contributed by atoms with Gasteiger partial charge in [-0.15, -0.1) is 21.8 Å². The predicted octanol–water partition coefficient (Wildman–Crippen LogP) is 2.31. The van der Waals surface area contributed by atoms with E-state index < -0.39 is 0 Å². The first-order valence-corrected chi connectivity index (χ1v) is 5.75. The van der Waals surface area contributed by atoms with Crippen molar-refractivity contribution in [1.82, 2.24) is 15.2 Å². The number of hydrogen-bond donors (Lipinski definition) is 0. The summed E-state index contributed by atoms with van der Waals surface area (Å²) >= 11 is 5.60. The molecule has 2 aromatic heterocycles.